The number of rotatable bonds is 52. The van der Waals surface area contributed by atoms with Gasteiger partial charge in [0.25, 0.3) is 0 Å². The van der Waals surface area contributed by atoms with Crippen LogP contribution in [0.5, 0.6) is 0 Å². The van der Waals surface area contributed by atoms with Crippen LogP contribution in [0, 0.1) is 5.92 Å². The van der Waals surface area contributed by atoms with E-state index in [-0.39, 0.29) is 166 Å². The summed E-state index contributed by atoms with van der Waals surface area (Å²) in [4.78, 5) is 111. The fourth-order valence-corrected chi connectivity index (χ4v) is 10.6. The second-order valence-electron chi connectivity index (χ2n) is 24.7. The third-order valence-corrected chi connectivity index (χ3v) is 16.5. The third-order valence-electron chi connectivity index (χ3n) is 16.5. The molecule has 3 fully saturated rings. The summed E-state index contributed by atoms with van der Waals surface area (Å²) in [6.07, 6.45) is -8.28. The Morgan fingerprint density at radius 3 is 0.909 bits per heavy atom. The van der Waals surface area contributed by atoms with Crippen LogP contribution >= 0.6 is 0 Å². The van der Waals surface area contributed by atoms with Gasteiger partial charge in [-0.05, 0) is 64.8 Å². The minimum Gasteiger partial charge on any atom is -0.394 e. The lowest BCUT2D eigenvalue weighted by Gasteiger charge is -2.43. The van der Waals surface area contributed by atoms with E-state index in [0.29, 0.717) is 77.4 Å². The number of aliphatic hydroxyl groups excluding tert-OH is 8. The van der Waals surface area contributed by atoms with Gasteiger partial charge in [-0.3, -0.25) is 43.2 Å². The van der Waals surface area contributed by atoms with Crippen LogP contribution in [0.15, 0.2) is 0 Å². The Balaban J connectivity index is 1.36. The molecule has 0 spiro atoms. The number of likely N-dealkylation sites (N-methyl/N-ethyl adjacent to an activating group) is 1. The van der Waals surface area contributed by atoms with Crippen molar-refractivity contribution >= 4 is 53.2 Å². The Labute approximate surface area is 578 Å². The molecule has 36 nitrogen and oxygen atoms in total. The first kappa shape index (κ1) is 87.7. The fourth-order valence-electron chi connectivity index (χ4n) is 10.6. The van der Waals surface area contributed by atoms with Crippen LogP contribution in [0.4, 0.5) is 0 Å². The molecule has 3 saturated heterocycles. The molecule has 0 aromatic heterocycles. The molecule has 0 bridgehead atoms. The van der Waals surface area contributed by atoms with E-state index in [9.17, 15) is 84.0 Å². The highest BCUT2D eigenvalue weighted by atomic mass is 16.7. The molecular weight excluding hydrogens is 1310 g/mol. The molecule has 3 heterocycles. The number of carbonyl (C=O) groups excluding carboxylic acids is 9. The average Bonchev–Trinajstić information content (AvgIpc) is 0.824. The molecule has 15 atom stereocenters. The largest absolute Gasteiger partial charge is 0.394 e. The first-order valence-corrected chi connectivity index (χ1v) is 34.3. The quantitative estimate of drug-likeness (QED) is 0.0252. The van der Waals surface area contributed by atoms with Crippen LogP contribution in [0.25, 0.3) is 0 Å². The summed E-state index contributed by atoms with van der Waals surface area (Å²) < 4.78 is 51.9. The number of nitrogens with one attached hydrogen (secondary N) is 10. The summed E-state index contributed by atoms with van der Waals surface area (Å²) in [5.41, 5.74) is -0.991. The van der Waals surface area contributed by atoms with Crippen molar-refractivity contribution in [1.29, 1.82) is 0 Å². The second-order valence-corrected chi connectivity index (χ2v) is 24.7. The van der Waals surface area contributed by atoms with Crippen molar-refractivity contribution in [3.05, 3.63) is 0 Å². The van der Waals surface area contributed by atoms with E-state index in [2.05, 4.69) is 53.2 Å². The first-order valence-electron chi connectivity index (χ1n) is 34.3. The van der Waals surface area contributed by atoms with Gasteiger partial charge in [0.05, 0.1) is 77.2 Å². The number of hydrogen-bond donors (Lipinski definition) is 18. The van der Waals surface area contributed by atoms with Crippen LogP contribution in [0.3, 0.4) is 0 Å². The van der Waals surface area contributed by atoms with Crippen molar-refractivity contribution in [2.75, 3.05) is 126 Å². The zero-order valence-corrected chi connectivity index (χ0v) is 57.9. The minimum absolute atomic E-state index is 0.0000720. The molecule has 9 amide bonds. The Hall–Kier alpha value is -5.49. The molecule has 0 saturated carbocycles. The molecule has 6 unspecified atom stereocenters. The number of unbranched alkanes of at least 4 members (excludes halogenated alkanes) is 3. The summed E-state index contributed by atoms with van der Waals surface area (Å²) in [6, 6.07) is -2.96. The maximum absolute atomic E-state index is 12.8. The lowest BCUT2D eigenvalue weighted by atomic mass is 9.89. The van der Waals surface area contributed by atoms with Gasteiger partial charge in [0, 0.05) is 124 Å². The molecule has 36 heteroatoms. The van der Waals surface area contributed by atoms with Crippen molar-refractivity contribution < 1.29 is 127 Å². The highest BCUT2D eigenvalue weighted by molar-refractivity contribution is 5.78. The standard InChI is InChI=1S/C63H114N10O26/c1-39-43(33-74)97-60(52(55(39)86)71-40(2)77)94-27-9-6-15-46(80)65-21-12-24-68-49(83)18-30-91-36-63(64-5,37-92-31-19-50(84)69-25-13-22-66-47(81)16-7-10-28-95-61-53(72-41(3)78)58(89)56(87)44(34-75)98-61)38-93-32-20-51(85)70-26-14-23-67-48(82)17-8-11-29-96-62-54(73-42(4)79)59(90)57(88)45(35-76)99-62/h39,43-45,52-62,64,74-76,86-90H,6-38H2,1-5H3,(H,65,80)(H,66,81)(H,67,82)(H,68,83)(H,69,84)(H,70,85)(H,71,77)(H,72,78)(H,73,79)/t39-,43?,44?,45?,52+,53+,54+,55?,56-,57-,58?,59?,60-,61-,62-,63?/m1/s1. The Morgan fingerprint density at radius 2 is 0.636 bits per heavy atom. The zero-order chi connectivity index (χ0) is 73.1. The predicted molar refractivity (Wildman–Crippen MR) is 349 cm³/mol. The fraction of sp³-hybridized carbons (Fsp3) is 0.857. The number of hydrogen-bond acceptors (Lipinski definition) is 27. The lowest BCUT2D eigenvalue weighted by molar-refractivity contribution is -0.270. The van der Waals surface area contributed by atoms with Crippen LogP contribution in [-0.4, -0.2) is 311 Å². The van der Waals surface area contributed by atoms with Gasteiger partial charge >= 0.3 is 0 Å². The van der Waals surface area contributed by atoms with E-state index in [1.54, 1.807) is 14.0 Å². The number of carbonyl (C=O) groups is 9. The van der Waals surface area contributed by atoms with Gasteiger partial charge in [0.15, 0.2) is 18.9 Å². The maximum atomic E-state index is 12.8. The molecule has 3 aliphatic rings. The average molecular weight is 1430 g/mol. The van der Waals surface area contributed by atoms with Gasteiger partial charge < -0.3 is 137 Å². The van der Waals surface area contributed by atoms with Crippen LogP contribution in [0.1, 0.15) is 124 Å². The molecule has 99 heavy (non-hydrogen) atoms. The number of aliphatic hydroxyl groups is 8. The molecule has 0 aromatic rings. The topological polar surface area (TPSA) is 519 Å². The van der Waals surface area contributed by atoms with Crippen molar-refractivity contribution in [1.82, 2.24) is 53.2 Å². The highest BCUT2D eigenvalue weighted by Crippen LogP contribution is 2.28. The van der Waals surface area contributed by atoms with Gasteiger partial charge in [-0.1, -0.05) is 6.92 Å². The first-order chi connectivity index (χ1) is 47.4. The maximum Gasteiger partial charge on any atom is 0.222 e. The molecule has 0 aromatic carbocycles. The molecule has 572 valence electrons. The van der Waals surface area contributed by atoms with Crippen molar-refractivity contribution in [3.8, 4) is 0 Å². The van der Waals surface area contributed by atoms with E-state index in [1.807, 2.05) is 0 Å². The van der Waals surface area contributed by atoms with E-state index in [1.165, 1.54) is 20.8 Å². The normalized spacial score (nSPS) is 25.8. The van der Waals surface area contributed by atoms with E-state index in [0.717, 1.165) is 0 Å². The van der Waals surface area contributed by atoms with E-state index >= 15 is 0 Å². The van der Waals surface area contributed by atoms with Crippen LogP contribution in [-0.2, 0) is 85.8 Å². The van der Waals surface area contributed by atoms with Crippen LogP contribution < -0.4 is 53.2 Å². The van der Waals surface area contributed by atoms with Crippen molar-refractivity contribution in [3.63, 3.8) is 0 Å². The van der Waals surface area contributed by atoms with Crippen LogP contribution in [0.2, 0.25) is 0 Å². The lowest BCUT2D eigenvalue weighted by Crippen LogP contribution is -2.64. The highest BCUT2D eigenvalue weighted by Gasteiger charge is 2.47. The summed E-state index contributed by atoms with van der Waals surface area (Å²) >= 11 is 0. The van der Waals surface area contributed by atoms with E-state index < -0.39 is 122 Å². The molecule has 3 rings (SSSR count). The summed E-state index contributed by atoms with van der Waals surface area (Å²) in [5.74, 6) is -3.27. The van der Waals surface area contributed by atoms with Gasteiger partial charge in [-0.15, -0.1) is 0 Å². The van der Waals surface area contributed by atoms with Crippen molar-refractivity contribution in [2.24, 2.45) is 5.92 Å². The van der Waals surface area contributed by atoms with E-state index in [4.69, 9.17) is 42.6 Å². The monoisotopic (exact) mass is 1430 g/mol. The number of amides is 9. The zero-order valence-electron chi connectivity index (χ0n) is 57.9. The molecule has 0 radical (unpaired) electrons. The minimum atomic E-state index is -1.44. The Morgan fingerprint density at radius 1 is 0.364 bits per heavy atom. The van der Waals surface area contributed by atoms with Gasteiger partial charge in [0.2, 0.25) is 53.2 Å². The molecule has 0 aliphatic carbocycles. The Kier molecular flexibility index (Phi) is 44.3. The second kappa shape index (κ2) is 50.0. The van der Waals surface area contributed by atoms with Crippen molar-refractivity contribution in [2.45, 2.75) is 215 Å². The van der Waals surface area contributed by atoms with Gasteiger partial charge in [0.1, 0.15) is 54.7 Å². The SMILES string of the molecule is CNC(COCCC(=O)NCCCNC(=O)CCCCO[C@@H]1OC(CO)[C@@H](C)C(O)[C@@H]1NC(C)=O)(COCCC(=O)NCCCNC(=O)CCCCO[C@@H]1OC(CO)[C@@H](O)C(O)[C@@H]1NC(C)=O)COCCC(=O)NCCCNC(=O)CCCCO[C@@H]1OC(CO)[C@@H](O)C(O)[C@@H]1NC(C)=O. The number of ether oxygens (including phenoxy) is 9. The van der Waals surface area contributed by atoms with Gasteiger partial charge in [-0.25, -0.2) is 0 Å². The summed E-state index contributed by atoms with van der Waals surface area (Å²) in [7, 11) is 1.66. The predicted octanol–water partition coefficient (Wildman–Crippen LogP) is -6.30. The smallest absolute Gasteiger partial charge is 0.222 e. The molecule has 3 aliphatic heterocycles. The molecule has 18 N–H and O–H groups in total. The third kappa shape index (κ3) is 34.8. The summed E-state index contributed by atoms with van der Waals surface area (Å²) in [5, 5.41) is 108. The Bertz CT molecular complexity index is 2130. The molecular formula is C63H114N10O26. The summed E-state index contributed by atoms with van der Waals surface area (Å²) in [6.45, 7) is 6.18. The van der Waals surface area contributed by atoms with Gasteiger partial charge in [-0.2, -0.15) is 0 Å².